The molecule has 150 valence electrons. The fourth-order valence-corrected chi connectivity index (χ4v) is 5.28. The van der Waals surface area contributed by atoms with Crippen molar-refractivity contribution >= 4 is 15.7 Å². The molecule has 0 N–H and O–H groups in total. The Bertz CT molecular complexity index is 927. The molecule has 0 spiro atoms. The zero-order chi connectivity index (χ0) is 19.7. The summed E-state index contributed by atoms with van der Waals surface area (Å²) < 4.78 is 25.1. The van der Waals surface area contributed by atoms with Gasteiger partial charge in [-0.15, -0.1) is 0 Å². The van der Waals surface area contributed by atoms with Crippen molar-refractivity contribution < 1.29 is 8.42 Å². The van der Waals surface area contributed by atoms with Gasteiger partial charge in [-0.2, -0.15) is 0 Å². The Morgan fingerprint density at radius 2 is 1.89 bits per heavy atom. The van der Waals surface area contributed by atoms with Gasteiger partial charge in [0.05, 0.1) is 11.9 Å². The van der Waals surface area contributed by atoms with Crippen LogP contribution in [0.1, 0.15) is 47.8 Å². The number of nitrogens with zero attached hydrogens (tertiary/aromatic N) is 2. The summed E-state index contributed by atoms with van der Waals surface area (Å²) in [5.41, 5.74) is 4.97. The standard InChI is InChI=1S/C23H30N2O2S/c1-24(28(2,26)27)22-11-12-23-19(15-22)9-6-10-21(23)17-25-14-13-20(16-25)18-7-4-3-5-8-18/h3-5,7-8,11-12,15,20-21H,6,9-10,13-14,16-17H2,1-2H3. The molecule has 5 heteroatoms. The van der Waals surface area contributed by atoms with Crippen LogP contribution in [0.2, 0.25) is 0 Å². The van der Waals surface area contributed by atoms with Crippen molar-refractivity contribution in [3.8, 4) is 0 Å². The summed E-state index contributed by atoms with van der Waals surface area (Å²) in [4.78, 5) is 2.62. The monoisotopic (exact) mass is 398 g/mol. The Labute approximate surface area is 169 Å². The number of benzene rings is 2. The minimum atomic E-state index is -3.22. The smallest absolute Gasteiger partial charge is 0.231 e. The Morgan fingerprint density at radius 3 is 2.64 bits per heavy atom. The maximum Gasteiger partial charge on any atom is 0.231 e. The maximum atomic E-state index is 11.9. The molecule has 2 unspecified atom stereocenters. The number of anilines is 1. The number of hydrogen-bond donors (Lipinski definition) is 0. The van der Waals surface area contributed by atoms with Crippen LogP contribution in [0, 0.1) is 0 Å². The molecule has 1 saturated heterocycles. The minimum Gasteiger partial charge on any atom is -0.302 e. The fourth-order valence-electron chi connectivity index (χ4n) is 4.79. The molecule has 0 bridgehead atoms. The normalized spacial score (nSPS) is 22.8. The van der Waals surface area contributed by atoms with E-state index in [4.69, 9.17) is 0 Å². The summed E-state index contributed by atoms with van der Waals surface area (Å²) in [6, 6.07) is 17.1. The van der Waals surface area contributed by atoms with E-state index >= 15 is 0 Å². The quantitative estimate of drug-likeness (QED) is 0.765. The summed E-state index contributed by atoms with van der Waals surface area (Å²) in [6.07, 6.45) is 5.94. The van der Waals surface area contributed by atoms with Gasteiger partial charge in [0.2, 0.25) is 10.0 Å². The summed E-state index contributed by atoms with van der Waals surface area (Å²) in [5, 5.41) is 0. The average Bonchev–Trinajstić information content (AvgIpc) is 3.16. The molecule has 28 heavy (non-hydrogen) atoms. The summed E-state index contributed by atoms with van der Waals surface area (Å²) >= 11 is 0. The topological polar surface area (TPSA) is 40.6 Å². The maximum absolute atomic E-state index is 11.9. The van der Waals surface area contributed by atoms with Gasteiger partial charge in [0.15, 0.2) is 0 Å². The summed E-state index contributed by atoms with van der Waals surface area (Å²) in [6.45, 7) is 3.42. The third kappa shape index (κ3) is 4.11. The first-order valence-electron chi connectivity index (χ1n) is 10.3. The second-order valence-electron chi connectivity index (χ2n) is 8.36. The van der Waals surface area contributed by atoms with Crippen LogP contribution in [0.3, 0.4) is 0 Å². The Morgan fingerprint density at radius 1 is 1.11 bits per heavy atom. The first kappa shape index (κ1) is 19.5. The molecule has 4 rings (SSSR count). The van der Waals surface area contributed by atoms with E-state index in [9.17, 15) is 8.42 Å². The average molecular weight is 399 g/mol. The van der Waals surface area contributed by atoms with Gasteiger partial charge in [0.1, 0.15) is 0 Å². The van der Waals surface area contributed by atoms with Crippen LogP contribution in [0.15, 0.2) is 48.5 Å². The SMILES string of the molecule is CN(c1ccc2c(c1)CCCC2CN1CCC(c2ccccc2)C1)S(C)(=O)=O. The second-order valence-corrected chi connectivity index (χ2v) is 10.4. The Balaban J connectivity index is 1.47. The molecule has 0 aromatic heterocycles. The van der Waals surface area contributed by atoms with Gasteiger partial charge in [0.25, 0.3) is 0 Å². The van der Waals surface area contributed by atoms with Crippen molar-refractivity contribution in [3.63, 3.8) is 0 Å². The molecule has 1 aliphatic heterocycles. The van der Waals surface area contributed by atoms with Crippen LogP contribution in [0.25, 0.3) is 0 Å². The molecule has 1 aliphatic carbocycles. The number of aryl methyl sites for hydroxylation is 1. The zero-order valence-electron chi connectivity index (χ0n) is 16.8. The first-order chi connectivity index (χ1) is 13.4. The molecular formula is C23H30N2O2S. The highest BCUT2D eigenvalue weighted by atomic mass is 32.2. The van der Waals surface area contributed by atoms with E-state index in [0.29, 0.717) is 11.8 Å². The predicted octanol–water partition coefficient (Wildman–Crippen LogP) is 3.99. The molecular weight excluding hydrogens is 368 g/mol. The number of fused-ring (bicyclic) bond motifs is 1. The van der Waals surface area contributed by atoms with E-state index in [1.54, 1.807) is 7.05 Å². The molecule has 2 aliphatic rings. The second kappa shape index (κ2) is 7.88. The van der Waals surface area contributed by atoms with E-state index in [1.807, 2.05) is 6.07 Å². The molecule has 2 aromatic carbocycles. The van der Waals surface area contributed by atoms with Crippen molar-refractivity contribution in [1.29, 1.82) is 0 Å². The van der Waals surface area contributed by atoms with Crippen LogP contribution in [-0.2, 0) is 16.4 Å². The molecule has 0 amide bonds. The van der Waals surface area contributed by atoms with Crippen molar-refractivity contribution in [3.05, 3.63) is 65.2 Å². The highest BCUT2D eigenvalue weighted by molar-refractivity contribution is 7.92. The van der Waals surface area contributed by atoms with E-state index in [1.165, 1.54) is 53.1 Å². The van der Waals surface area contributed by atoms with Crippen LogP contribution in [-0.4, -0.2) is 46.3 Å². The molecule has 0 radical (unpaired) electrons. The van der Waals surface area contributed by atoms with Gasteiger partial charge in [-0.25, -0.2) is 8.42 Å². The van der Waals surface area contributed by atoms with Crippen molar-refractivity contribution in [2.75, 3.05) is 37.2 Å². The Kier molecular flexibility index (Phi) is 5.48. The summed E-state index contributed by atoms with van der Waals surface area (Å²) in [5.74, 6) is 1.20. The van der Waals surface area contributed by atoms with Crippen molar-refractivity contribution in [1.82, 2.24) is 4.90 Å². The van der Waals surface area contributed by atoms with Crippen LogP contribution >= 0.6 is 0 Å². The lowest BCUT2D eigenvalue weighted by Gasteiger charge is -2.30. The van der Waals surface area contributed by atoms with E-state index in [0.717, 1.165) is 25.2 Å². The number of likely N-dealkylation sites (tertiary alicyclic amines) is 1. The van der Waals surface area contributed by atoms with E-state index in [-0.39, 0.29) is 0 Å². The number of sulfonamides is 1. The molecule has 2 atom stereocenters. The fraction of sp³-hybridized carbons (Fsp3) is 0.478. The molecule has 2 aromatic rings. The van der Waals surface area contributed by atoms with Crippen LogP contribution < -0.4 is 4.31 Å². The molecule has 4 nitrogen and oxygen atoms in total. The minimum absolute atomic E-state index is 0.552. The van der Waals surface area contributed by atoms with Crippen molar-refractivity contribution in [2.24, 2.45) is 0 Å². The predicted molar refractivity (Wildman–Crippen MR) is 116 cm³/mol. The highest BCUT2D eigenvalue weighted by Crippen LogP contribution is 2.36. The number of rotatable bonds is 5. The van der Waals surface area contributed by atoms with Gasteiger partial charge in [-0.1, -0.05) is 36.4 Å². The molecule has 1 heterocycles. The van der Waals surface area contributed by atoms with Gasteiger partial charge < -0.3 is 4.90 Å². The van der Waals surface area contributed by atoms with Crippen molar-refractivity contribution in [2.45, 2.75) is 37.5 Å². The largest absolute Gasteiger partial charge is 0.302 e. The highest BCUT2D eigenvalue weighted by Gasteiger charge is 2.28. The molecule has 1 fully saturated rings. The Hall–Kier alpha value is -1.85. The molecule has 0 saturated carbocycles. The third-order valence-corrected chi connectivity index (χ3v) is 7.65. The van der Waals surface area contributed by atoms with Gasteiger partial charge in [-0.05, 0) is 72.9 Å². The summed E-state index contributed by atoms with van der Waals surface area (Å²) in [7, 11) is -1.59. The lowest BCUT2D eigenvalue weighted by Crippen LogP contribution is -2.29. The lowest BCUT2D eigenvalue weighted by molar-refractivity contribution is 0.297. The number of hydrogen-bond acceptors (Lipinski definition) is 3. The van der Waals surface area contributed by atoms with Crippen LogP contribution in [0.4, 0.5) is 5.69 Å². The van der Waals surface area contributed by atoms with Crippen LogP contribution in [0.5, 0.6) is 0 Å². The van der Waals surface area contributed by atoms with E-state index in [2.05, 4.69) is 47.4 Å². The van der Waals surface area contributed by atoms with E-state index < -0.39 is 10.0 Å². The van der Waals surface area contributed by atoms with Gasteiger partial charge in [0, 0.05) is 20.1 Å². The van der Waals surface area contributed by atoms with Gasteiger partial charge >= 0.3 is 0 Å². The lowest BCUT2D eigenvalue weighted by atomic mass is 9.82. The first-order valence-corrected chi connectivity index (χ1v) is 12.1. The zero-order valence-corrected chi connectivity index (χ0v) is 17.7. The van der Waals surface area contributed by atoms with Gasteiger partial charge in [-0.3, -0.25) is 4.31 Å². The third-order valence-electron chi connectivity index (χ3n) is 6.45.